The predicted octanol–water partition coefficient (Wildman–Crippen LogP) is 2.02. The molecule has 2 rings (SSSR count). The maximum Gasteiger partial charge on any atom is 0.0674 e. The van der Waals surface area contributed by atoms with Crippen LogP contribution in [0.15, 0.2) is 0 Å². The van der Waals surface area contributed by atoms with Crippen molar-refractivity contribution in [2.24, 2.45) is 0 Å². The highest BCUT2D eigenvalue weighted by Gasteiger charge is 2.29. The van der Waals surface area contributed by atoms with Crippen molar-refractivity contribution in [3.63, 3.8) is 0 Å². The van der Waals surface area contributed by atoms with Gasteiger partial charge in [-0.15, -0.1) is 0 Å². The van der Waals surface area contributed by atoms with Crippen LogP contribution < -0.4 is 5.32 Å². The quantitative estimate of drug-likeness (QED) is 0.747. The lowest BCUT2D eigenvalue weighted by atomic mass is 10.0. The summed E-state index contributed by atoms with van der Waals surface area (Å²) in [4.78, 5) is 2.68. The fourth-order valence-corrected chi connectivity index (χ4v) is 3.39. The summed E-state index contributed by atoms with van der Waals surface area (Å²) >= 11 is 0. The lowest BCUT2D eigenvalue weighted by molar-refractivity contribution is 0.0554. The molecule has 2 fully saturated rings. The molecule has 3 atom stereocenters. The third kappa shape index (κ3) is 3.67. The first-order chi connectivity index (χ1) is 8.31. The lowest BCUT2D eigenvalue weighted by Crippen LogP contribution is -2.50. The molecule has 2 aliphatic rings. The minimum Gasteiger partial charge on any atom is -0.377 e. The van der Waals surface area contributed by atoms with Crippen LogP contribution in [-0.2, 0) is 4.74 Å². The summed E-state index contributed by atoms with van der Waals surface area (Å²) in [6.07, 6.45) is 8.49. The molecule has 1 N–H and O–H groups in total. The summed E-state index contributed by atoms with van der Waals surface area (Å²) in [5, 5.41) is 3.54. The maximum absolute atomic E-state index is 5.76. The number of rotatable bonds is 2. The van der Waals surface area contributed by atoms with Crippen LogP contribution in [0.5, 0.6) is 0 Å². The van der Waals surface area contributed by atoms with Crippen molar-refractivity contribution in [1.29, 1.82) is 0 Å². The average Bonchev–Trinajstić information content (AvgIpc) is 2.68. The SMILES string of the molecule is CNC1CCCCCC1N1CCCOC(C)C1. The molecule has 0 amide bonds. The Morgan fingerprint density at radius 2 is 1.94 bits per heavy atom. The van der Waals surface area contributed by atoms with Crippen LogP contribution in [0.1, 0.15) is 45.4 Å². The lowest BCUT2D eigenvalue weighted by Gasteiger charge is -2.36. The van der Waals surface area contributed by atoms with Crippen molar-refractivity contribution < 1.29 is 4.74 Å². The van der Waals surface area contributed by atoms with E-state index in [-0.39, 0.29) is 0 Å². The van der Waals surface area contributed by atoms with E-state index >= 15 is 0 Å². The Bertz CT molecular complexity index is 222. The Balaban J connectivity index is 2.00. The zero-order valence-corrected chi connectivity index (χ0v) is 11.5. The molecule has 1 saturated carbocycles. The largest absolute Gasteiger partial charge is 0.377 e. The van der Waals surface area contributed by atoms with Crippen LogP contribution in [-0.4, -0.2) is 49.8 Å². The van der Waals surface area contributed by atoms with E-state index in [4.69, 9.17) is 4.74 Å². The molecule has 17 heavy (non-hydrogen) atoms. The van der Waals surface area contributed by atoms with Gasteiger partial charge in [0.25, 0.3) is 0 Å². The Morgan fingerprint density at radius 3 is 2.76 bits per heavy atom. The molecule has 100 valence electrons. The van der Waals surface area contributed by atoms with E-state index in [9.17, 15) is 0 Å². The average molecular weight is 240 g/mol. The zero-order valence-electron chi connectivity index (χ0n) is 11.5. The standard InChI is InChI=1S/C14H28N2O/c1-12-11-16(9-6-10-17-12)14-8-5-3-4-7-13(14)15-2/h12-15H,3-11H2,1-2H3. The molecule has 0 spiro atoms. The van der Waals surface area contributed by atoms with Crippen LogP contribution in [0.2, 0.25) is 0 Å². The molecule has 1 aliphatic heterocycles. The minimum absolute atomic E-state index is 0.401. The van der Waals surface area contributed by atoms with Crippen LogP contribution in [0.4, 0.5) is 0 Å². The van der Waals surface area contributed by atoms with Gasteiger partial charge in [-0.1, -0.05) is 19.3 Å². The summed E-state index contributed by atoms with van der Waals surface area (Å²) in [6, 6.07) is 1.41. The molecule has 0 aromatic carbocycles. The number of nitrogens with zero attached hydrogens (tertiary/aromatic N) is 1. The van der Waals surface area contributed by atoms with Crippen LogP contribution in [0.3, 0.4) is 0 Å². The fraction of sp³-hybridized carbons (Fsp3) is 1.00. The normalized spacial score (nSPS) is 37.4. The molecule has 3 nitrogen and oxygen atoms in total. The van der Waals surface area contributed by atoms with E-state index in [0.717, 1.165) is 19.2 Å². The molecule has 3 heteroatoms. The van der Waals surface area contributed by atoms with Crippen LogP contribution in [0, 0.1) is 0 Å². The number of hydrogen-bond acceptors (Lipinski definition) is 3. The molecule has 1 heterocycles. The molecule has 3 unspecified atom stereocenters. The van der Waals surface area contributed by atoms with E-state index in [2.05, 4.69) is 24.2 Å². The van der Waals surface area contributed by atoms with Crippen molar-refractivity contribution in [3.8, 4) is 0 Å². The summed E-state index contributed by atoms with van der Waals surface area (Å²) in [5.41, 5.74) is 0. The van der Waals surface area contributed by atoms with E-state index in [1.54, 1.807) is 0 Å². The van der Waals surface area contributed by atoms with Crippen molar-refractivity contribution in [3.05, 3.63) is 0 Å². The second kappa shape index (κ2) is 6.72. The first-order valence-corrected chi connectivity index (χ1v) is 7.34. The van der Waals surface area contributed by atoms with Gasteiger partial charge in [-0.2, -0.15) is 0 Å². The highest BCUT2D eigenvalue weighted by atomic mass is 16.5. The van der Waals surface area contributed by atoms with Gasteiger partial charge in [-0.05, 0) is 33.2 Å². The van der Waals surface area contributed by atoms with Gasteiger partial charge < -0.3 is 10.1 Å². The number of likely N-dealkylation sites (N-methyl/N-ethyl adjacent to an activating group) is 1. The molecule has 1 saturated heterocycles. The van der Waals surface area contributed by atoms with Gasteiger partial charge in [0, 0.05) is 31.8 Å². The Hall–Kier alpha value is -0.120. The van der Waals surface area contributed by atoms with E-state index in [1.165, 1.54) is 45.1 Å². The van der Waals surface area contributed by atoms with Crippen molar-refractivity contribution in [1.82, 2.24) is 10.2 Å². The summed E-state index contributed by atoms with van der Waals surface area (Å²) in [6.45, 7) is 5.48. The van der Waals surface area contributed by atoms with Gasteiger partial charge in [0.15, 0.2) is 0 Å². The topological polar surface area (TPSA) is 24.5 Å². The Morgan fingerprint density at radius 1 is 1.12 bits per heavy atom. The highest BCUT2D eigenvalue weighted by molar-refractivity contribution is 4.87. The molecule has 0 aromatic rings. The van der Waals surface area contributed by atoms with Gasteiger partial charge in [0.2, 0.25) is 0 Å². The molecular weight excluding hydrogens is 212 g/mol. The van der Waals surface area contributed by atoms with Gasteiger partial charge >= 0.3 is 0 Å². The number of hydrogen-bond donors (Lipinski definition) is 1. The highest BCUT2D eigenvalue weighted by Crippen LogP contribution is 2.24. The summed E-state index contributed by atoms with van der Waals surface area (Å²) in [7, 11) is 2.13. The third-order valence-electron chi connectivity index (χ3n) is 4.30. The fourth-order valence-electron chi connectivity index (χ4n) is 3.39. The van der Waals surface area contributed by atoms with Gasteiger partial charge in [-0.25, -0.2) is 0 Å². The molecule has 0 radical (unpaired) electrons. The first kappa shape index (κ1) is 13.3. The van der Waals surface area contributed by atoms with Crippen LogP contribution in [0.25, 0.3) is 0 Å². The van der Waals surface area contributed by atoms with Crippen LogP contribution >= 0.6 is 0 Å². The molecule has 0 bridgehead atoms. The van der Waals surface area contributed by atoms with Gasteiger partial charge in [-0.3, -0.25) is 4.90 Å². The van der Waals surface area contributed by atoms with E-state index in [0.29, 0.717) is 12.1 Å². The number of nitrogens with one attached hydrogen (secondary N) is 1. The Labute approximate surface area is 106 Å². The second-order valence-electron chi connectivity index (χ2n) is 5.63. The van der Waals surface area contributed by atoms with Crippen molar-refractivity contribution >= 4 is 0 Å². The first-order valence-electron chi connectivity index (χ1n) is 7.34. The maximum atomic E-state index is 5.76. The smallest absolute Gasteiger partial charge is 0.0674 e. The molecule has 0 aromatic heterocycles. The number of ether oxygens (including phenoxy) is 1. The third-order valence-corrected chi connectivity index (χ3v) is 4.30. The van der Waals surface area contributed by atoms with Crippen molar-refractivity contribution in [2.75, 3.05) is 26.7 Å². The second-order valence-corrected chi connectivity index (χ2v) is 5.63. The monoisotopic (exact) mass is 240 g/mol. The van der Waals surface area contributed by atoms with E-state index < -0.39 is 0 Å². The van der Waals surface area contributed by atoms with Crippen molar-refractivity contribution in [2.45, 2.75) is 63.6 Å². The van der Waals surface area contributed by atoms with Gasteiger partial charge in [0.1, 0.15) is 0 Å². The molecule has 1 aliphatic carbocycles. The minimum atomic E-state index is 0.401. The zero-order chi connectivity index (χ0) is 12.1. The van der Waals surface area contributed by atoms with Gasteiger partial charge in [0.05, 0.1) is 6.10 Å². The molecular formula is C14H28N2O. The summed E-state index contributed by atoms with van der Waals surface area (Å²) in [5.74, 6) is 0. The summed E-state index contributed by atoms with van der Waals surface area (Å²) < 4.78 is 5.76. The Kier molecular flexibility index (Phi) is 5.26. The predicted molar refractivity (Wildman–Crippen MR) is 71.3 cm³/mol. The van der Waals surface area contributed by atoms with E-state index in [1.807, 2.05) is 0 Å².